The normalized spacial score (nSPS) is 29.2. The molecule has 0 aromatic rings. The Bertz CT molecular complexity index is 190. The zero-order valence-electron chi connectivity index (χ0n) is 9.77. The number of piperidine rings is 2. The third-order valence-corrected chi connectivity index (χ3v) is 3.87. The molecule has 15 heavy (non-hydrogen) atoms. The second-order valence-corrected chi connectivity index (χ2v) is 5.41. The molecule has 0 atom stereocenters. The molecule has 0 spiro atoms. The number of nitrogens with one attached hydrogen (secondary N) is 1. The molecule has 2 aliphatic heterocycles. The van der Waals surface area contributed by atoms with Gasteiger partial charge in [-0.25, -0.2) is 4.39 Å². The average Bonchev–Trinajstić information content (AvgIpc) is 2.23. The Morgan fingerprint density at radius 3 is 2.47 bits per heavy atom. The van der Waals surface area contributed by atoms with Crippen LogP contribution in [0.25, 0.3) is 0 Å². The Morgan fingerprint density at radius 1 is 1.27 bits per heavy atom. The van der Waals surface area contributed by atoms with Crippen LogP contribution in [0.5, 0.6) is 0 Å². The second-order valence-electron chi connectivity index (χ2n) is 5.41. The molecule has 2 rings (SSSR count). The van der Waals surface area contributed by atoms with Gasteiger partial charge in [-0.2, -0.15) is 0 Å². The molecule has 88 valence electrons. The summed E-state index contributed by atoms with van der Waals surface area (Å²) in [5, 5.41) is 3.39. The Kier molecular flexibility index (Phi) is 3.62. The molecule has 0 saturated carbocycles. The van der Waals surface area contributed by atoms with E-state index in [4.69, 9.17) is 0 Å². The van der Waals surface area contributed by atoms with Gasteiger partial charge in [0, 0.05) is 19.6 Å². The highest BCUT2D eigenvalue weighted by Gasteiger charge is 2.30. The van der Waals surface area contributed by atoms with E-state index in [-0.39, 0.29) is 0 Å². The van der Waals surface area contributed by atoms with Gasteiger partial charge in [-0.3, -0.25) is 0 Å². The number of hydrogen-bond donors (Lipinski definition) is 1. The molecule has 0 unspecified atom stereocenters. The first-order chi connectivity index (χ1) is 7.16. The first-order valence-corrected chi connectivity index (χ1v) is 6.28. The average molecular weight is 214 g/mol. The van der Waals surface area contributed by atoms with Crippen molar-refractivity contribution in [2.24, 2.45) is 5.92 Å². The summed E-state index contributed by atoms with van der Waals surface area (Å²) in [6, 6.07) is 0. The van der Waals surface area contributed by atoms with E-state index in [9.17, 15) is 4.39 Å². The number of hydrogen-bond acceptors (Lipinski definition) is 2. The quantitative estimate of drug-likeness (QED) is 0.754. The monoisotopic (exact) mass is 214 g/mol. The zero-order chi connectivity index (χ0) is 10.7. The Morgan fingerprint density at radius 2 is 1.87 bits per heavy atom. The van der Waals surface area contributed by atoms with Gasteiger partial charge in [-0.15, -0.1) is 0 Å². The lowest BCUT2D eigenvalue weighted by molar-refractivity contribution is 0.0629. The minimum atomic E-state index is -0.898. The number of likely N-dealkylation sites (tertiary alicyclic amines) is 1. The van der Waals surface area contributed by atoms with Crippen molar-refractivity contribution in [1.82, 2.24) is 10.2 Å². The van der Waals surface area contributed by atoms with Crippen molar-refractivity contribution in [1.29, 1.82) is 0 Å². The SMILES string of the molecule is CC1(F)CCN(CC2CCNCC2)CC1. The summed E-state index contributed by atoms with van der Waals surface area (Å²) in [7, 11) is 0. The summed E-state index contributed by atoms with van der Waals surface area (Å²) in [6.45, 7) is 7.18. The smallest absolute Gasteiger partial charge is 0.110 e. The number of alkyl halides is 1. The molecule has 1 N–H and O–H groups in total. The molecule has 0 radical (unpaired) electrons. The van der Waals surface area contributed by atoms with Gasteiger partial charge >= 0.3 is 0 Å². The molecular weight excluding hydrogens is 191 g/mol. The van der Waals surface area contributed by atoms with Gasteiger partial charge in [-0.1, -0.05) is 0 Å². The zero-order valence-corrected chi connectivity index (χ0v) is 9.77. The molecule has 0 aliphatic carbocycles. The summed E-state index contributed by atoms with van der Waals surface area (Å²) in [5.41, 5.74) is -0.898. The molecule has 0 bridgehead atoms. The van der Waals surface area contributed by atoms with Gasteiger partial charge in [0.15, 0.2) is 0 Å². The topological polar surface area (TPSA) is 15.3 Å². The van der Waals surface area contributed by atoms with E-state index in [0.29, 0.717) is 0 Å². The van der Waals surface area contributed by atoms with Crippen LogP contribution < -0.4 is 5.32 Å². The van der Waals surface area contributed by atoms with Crippen molar-refractivity contribution < 1.29 is 4.39 Å². The first kappa shape index (κ1) is 11.3. The van der Waals surface area contributed by atoms with Crippen LogP contribution in [0.2, 0.25) is 0 Å². The van der Waals surface area contributed by atoms with Crippen molar-refractivity contribution in [2.45, 2.75) is 38.3 Å². The predicted octanol–water partition coefficient (Wildman–Crippen LogP) is 1.81. The van der Waals surface area contributed by atoms with E-state index in [0.717, 1.165) is 31.8 Å². The van der Waals surface area contributed by atoms with E-state index in [1.54, 1.807) is 6.92 Å². The van der Waals surface area contributed by atoms with Gasteiger partial charge in [0.05, 0.1) is 0 Å². The Balaban J connectivity index is 1.71. The Hall–Kier alpha value is -0.150. The van der Waals surface area contributed by atoms with E-state index < -0.39 is 5.67 Å². The number of nitrogens with zero attached hydrogens (tertiary/aromatic N) is 1. The van der Waals surface area contributed by atoms with Crippen LogP contribution >= 0.6 is 0 Å². The number of halogens is 1. The van der Waals surface area contributed by atoms with Crippen LogP contribution in [0.4, 0.5) is 4.39 Å². The van der Waals surface area contributed by atoms with Crippen molar-refractivity contribution in [2.75, 3.05) is 32.7 Å². The molecule has 2 nitrogen and oxygen atoms in total. The van der Waals surface area contributed by atoms with E-state index in [1.165, 1.54) is 32.5 Å². The lowest BCUT2D eigenvalue weighted by Crippen LogP contribution is -2.43. The fraction of sp³-hybridized carbons (Fsp3) is 1.00. The third-order valence-electron chi connectivity index (χ3n) is 3.87. The Labute approximate surface area is 92.2 Å². The van der Waals surface area contributed by atoms with Crippen molar-refractivity contribution in [3.8, 4) is 0 Å². The third kappa shape index (κ3) is 3.42. The van der Waals surface area contributed by atoms with Gasteiger partial charge in [0.1, 0.15) is 5.67 Å². The summed E-state index contributed by atoms with van der Waals surface area (Å²) < 4.78 is 13.6. The molecule has 2 fully saturated rings. The van der Waals surface area contributed by atoms with Gasteiger partial charge < -0.3 is 10.2 Å². The summed E-state index contributed by atoms with van der Waals surface area (Å²) >= 11 is 0. The van der Waals surface area contributed by atoms with Crippen molar-refractivity contribution in [3.05, 3.63) is 0 Å². The van der Waals surface area contributed by atoms with Crippen LogP contribution in [0, 0.1) is 5.92 Å². The van der Waals surface area contributed by atoms with Crippen LogP contribution in [0.1, 0.15) is 32.6 Å². The van der Waals surface area contributed by atoms with Crippen molar-refractivity contribution >= 4 is 0 Å². The van der Waals surface area contributed by atoms with Crippen LogP contribution in [-0.4, -0.2) is 43.3 Å². The van der Waals surface area contributed by atoms with Crippen LogP contribution in [-0.2, 0) is 0 Å². The molecular formula is C12H23FN2. The largest absolute Gasteiger partial charge is 0.317 e. The lowest BCUT2D eigenvalue weighted by atomic mass is 9.93. The van der Waals surface area contributed by atoms with Gasteiger partial charge in [0.2, 0.25) is 0 Å². The highest BCUT2D eigenvalue weighted by atomic mass is 19.1. The molecule has 0 aromatic heterocycles. The number of rotatable bonds is 2. The van der Waals surface area contributed by atoms with E-state index >= 15 is 0 Å². The fourth-order valence-corrected chi connectivity index (χ4v) is 2.63. The minimum Gasteiger partial charge on any atom is -0.317 e. The predicted molar refractivity (Wildman–Crippen MR) is 60.8 cm³/mol. The summed E-state index contributed by atoms with van der Waals surface area (Å²) in [4.78, 5) is 2.46. The van der Waals surface area contributed by atoms with Crippen LogP contribution in [0.15, 0.2) is 0 Å². The first-order valence-electron chi connectivity index (χ1n) is 6.28. The maximum Gasteiger partial charge on any atom is 0.110 e. The van der Waals surface area contributed by atoms with E-state index in [2.05, 4.69) is 10.2 Å². The molecule has 0 aromatic carbocycles. The maximum atomic E-state index is 13.6. The summed E-state index contributed by atoms with van der Waals surface area (Å²) in [5.74, 6) is 0.843. The molecule has 0 amide bonds. The molecule has 2 aliphatic rings. The summed E-state index contributed by atoms with van der Waals surface area (Å²) in [6.07, 6.45) is 4.03. The van der Waals surface area contributed by atoms with Crippen LogP contribution in [0.3, 0.4) is 0 Å². The highest BCUT2D eigenvalue weighted by Crippen LogP contribution is 2.26. The van der Waals surface area contributed by atoms with Gasteiger partial charge in [0.25, 0.3) is 0 Å². The fourth-order valence-electron chi connectivity index (χ4n) is 2.63. The molecule has 2 heterocycles. The standard InChI is InChI=1S/C12H23FN2/c1-12(13)4-8-15(9-5-12)10-11-2-6-14-7-3-11/h11,14H,2-10H2,1H3. The molecule has 2 saturated heterocycles. The highest BCUT2D eigenvalue weighted by molar-refractivity contribution is 4.83. The second kappa shape index (κ2) is 4.79. The lowest BCUT2D eigenvalue weighted by Gasteiger charge is -2.37. The van der Waals surface area contributed by atoms with Gasteiger partial charge in [-0.05, 0) is 51.6 Å². The van der Waals surface area contributed by atoms with Crippen molar-refractivity contribution in [3.63, 3.8) is 0 Å². The minimum absolute atomic E-state index is 0.720. The maximum absolute atomic E-state index is 13.6. The van der Waals surface area contributed by atoms with E-state index in [1.807, 2.05) is 0 Å². The molecule has 3 heteroatoms.